The molecule has 7 nitrogen and oxygen atoms in total. The molecule has 152 valence electrons. The molecule has 0 radical (unpaired) electrons. The number of anilines is 1. The van der Waals surface area contributed by atoms with E-state index in [1.807, 2.05) is 0 Å². The summed E-state index contributed by atoms with van der Waals surface area (Å²) in [4.78, 5) is 0.0328. The molecule has 0 aliphatic carbocycles. The van der Waals surface area contributed by atoms with Gasteiger partial charge >= 0.3 is 0 Å². The number of halogens is 1. The summed E-state index contributed by atoms with van der Waals surface area (Å²) in [6, 6.07) is 10.5. The van der Waals surface area contributed by atoms with E-state index in [0.717, 1.165) is 12.8 Å². The Morgan fingerprint density at radius 2 is 1.79 bits per heavy atom. The lowest BCUT2D eigenvalue weighted by Gasteiger charge is -2.19. The highest BCUT2D eigenvalue weighted by atomic mass is 79.9. The van der Waals surface area contributed by atoms with Crippen LogP contribution >= 0.6 is 15.9 Å². The van der Waals surface area contributed by atoms with Gasteiger partial charge in [-0.25, -0.2) is 16.8 Å². The molecule has 10 heteroatoms. The molecule has 2 aromatic rings. The molecule has 0 unspecified atom stereocenters. The van der Waals surface area contributed by atoms with Crippen LogP contribution in [0.4, 0.5) is 5.69 Å². The lowest BCUT2D eigenvalue weighted by molar-refractivity contribution is 0.330. The number of sulfonamides is 2. The maximum Gasteiger partial charge on any atom is 0.261 e. The van der Waals surface area contributed by atoms with Crippen LogP contribution < -0.4 is 9.46 Å². The summed E-state index contributed by atoms with van der Waals surface area (Å²) in [5.74, 6) is 0.208. The normalized spacial score (nSPS) is 15.5. The first-order valence-corrected chi connectivity index (χ1v) is 12.5. The van der Waals surface area contributed by atoms with Gasteiger partial charge in [0, 0.05) is 17.6 Å². The van der Waals surface area contributed by atoms with Gasteiger partial charge in [-0.2, -0.15) is 4.31 Å². The minimum absolute atomic E-state index is 0.0364. The van der Waals surface area contributed by atoms with Crippen molar-refractivity contribution in [3.63, 3.8) is 0 Å². The van der Waals surface area contributed by atoms with E-state index in [-0.39, 0.29) is 21.2 Å². The van der Waals surface area contributed by atoms with Crippen molar-refractivity contribution in [3.8, 4) is 5.75 Å². The first-order valence-electron chi connectivity index (χ1n) is 8.79. The van der Waals surface area contributed by atoms with Gasteiger partial charge in [-0.1, -0.05) is 22.0 Å². The van der Waals surface area contributed by atoms with Gasteiger partial charge in [0.25, 0.3) is 10.0 Å². The first-order chi connectivity index (χ1) is 13.2. The van der Waals surface area contributed by atoms with Crippen molar-refractivity contribution >= 4 is 41.7 Å². The second-order valence-electron chi connectivity index (χ2n) is 6.27. The summed E-state index contributed by atoms with van der Waals surface area (Å²) < 4.78 is 61.3. The second kappa shape index (κ2) is 8.40. The number of ether oxygens (including phenoxy) is 1. The smallest absolute Gasteiger partial charge is 0.261 e. The highest BCUT2D eigenvalue weighted by molar-refractivity contribution is 9.10. The van der Waals surface area contributed by atoms with Gasteiger partial charge in [-0.05, 0) is 56.2 Å². The molecule has 1 fully saturated rings. The number of nitrogens with one attached hydrogen (secondary N) is 1. The standard InChI is InChI=1S/C18H21BrN2O5S2/c1-2-26-17-9-8-15(13-18(17)28(24,25)21-10-3-4-11-21)20-27(22,23)16-7-5-6-14(19)12-16/h5-9,12-13,20H,2-4,10-11H2,1H3. The summed E-state index contributed by atoms with van der Waals surface area (Å²) in [5, 5.41) is 0. The van der Waals surface area contributed by atoms with Crippen LogP contribution in [-0.4, -0.2) is 40.8 Å². The van der Waals surface area contributed by atoms with Gasteiger partial charge in [0.2, 0.25) is 10.0 Å². The molecule has 0 aromatic heterocycles. The van der Waals surface area contributed by atoms with Crippen LogP contribution in [0.1, 0.15) is 19.8 Å². The molecule has 0 saturated carbocycles. The molecule has 0 bridgehead atoms. The van der Waals surface area contributed by atoms with E-state index in [1.165, 1.54) is 34.6 Å². The lowest BCUT2D eigenvalue weighted by atomic mass is 10.3. The fourth-order valence-corrected chi connectivity index (χ4v) is 6.28. The average Bonchev–Trinajstić information content (AvgIpc) is 3.18. The molecule has 0 spiro atoms. The van der Waals surface area contributed by atoms with Crippen LogP contribution in [-0.2, 0) is 20.0 Å². The van der Waals surface area contributed by atoms with Crippen molar-refractivity contribution in [1.82, 2.24) is 4.31 Å². The van der Waals surface area contributed by atoms with E-state index >= 15 is 0 Å². The fraction of sp³-hybridized carbons (Fsp3) is 0.333. The molecule has 0 amide bonds. The quantitative estimate of drug-likeness (QED) is 0.644. The van der Waals surface area contributed by atoms with Crippen molar-refractivity contribution in [1.29, 1.82) is 0 Å². The van der Waals surface area contributed by atoms with Gasteiger partial charge in [-0.3, -0.25) is 4.72 Å². The average molecular weight is 489 g/mol. The highest BCUT2D eigenvalue weighted by Crippen LogP contribution is 2.32. The van der Waals surface area contributed by atoms with E-state index in [9.17, 15) is 16.8 Å². The van der Waals surface area contributed by atoms with Gasteiger partial charge in [0.05, 0.1) is 17.2 Å². The molecule has 1 heterocycles. The topological polar surface area (TPSA) is 92.8 Å². The third-order valence-electron chi connectivity index (χ3n) is 4.29. The summed E-state index contributed by atoms with van der Waals surface area (Å²) in [6.45, 7) is 2.95. The zero-order valence-electron chi connectivity index (χ0n) is 15.3. The summed E-state index contributed by atoms with van der Waals surface area (Å²) >= 11 is 3.25. The minimum atomic E-state index is -3.87. The van der Waals surface area contributed by atoms with E-state index in [0.29, 0.717) is 24.2 Å². The Balaban J connectivity index is 1.99. The van der Waals surface area contributed by atoms with Crippen molar-refractivity contribution < 1.29 is 21.6 Å². The number of rotatable bonds is 7. The number of nitrogens with zero attached hydrogens (tertiary/aromatic N) is 1. The molecule has 3 rings (SSSR count). The van der Waals surface area contributed by atoms with Gasteiger partial charge < -0.3 is 4.74 Å². The first kappa shape index (κ1) is 21.1. The summed E-state index contributed by atoms with van der Waals surface area (Å²) in [6.07, 6.45) is 1.61. The third kappa shape index (κ3) is 4.51. The van der Waals surface area contributed by atoms with E-state index < -0.39 is 20.0 Å². The maximum absolute atomic E-state index is 13.0. The Kier molecular flexibility index (Phi) is 6.33. The molecule has 1 aliphatic rings. The number of hydrogen-bond acceptors (Lipinski definition) is 5. The largest absolute Gasteiger partial charge is 0.492 e. The number of hydrogen-bond donors (Lipinski definition) is 1. The van der Waals surface area contributed by atoms with E-state index in [4.69, 9.17) is 4.74 Å². The Bertz CT molecular complexity index is 1070. The molecule has 28 heavy (non-hydrogen) atoms. The van der Waals surface area contributed by atoms with E-state index in [2.05, 4.69) is 20.7 Å². The van der Waals surface area contributed by atoms with Crippen LogP contribution in [0.2, 0.25) is 0 Å². The van der Waals surface area contributed by atoms with Crippen molar-refractivity contribution in [2.45, 2.75) is 29.6 Å². The van der Waals surface area contributed by atoms with E-state index in [1.54, 1.807) is 19.1 Å². The van der Waals surface area contributed by atoms with Crippen molar-refractivity contribution in [2.75, 3.05) is 24.4 Å². The van der Waals surface area contributed by atoms with Crippen molar-refractivity contribution in [3.05, 3.63) is 46.9 Å². The van der Waals surface area contributed by atoms with Gasteiger partial charge in [0.1, 0.15) is 10.6 Å². The zero-order valence-corrected chi connectivity index (χ0v) is 18.5. The SMILES string of the molecule is CCOc1ccc(NS(=O)(=O)c2cccc(Br)c2)cc1S(=O)(=O)N1CCCC1. The summed E-state index contributed by atoms with van der Waals surface area (Å²) in [7, 11) is -7.65. The van der Waals surface area contributed by atoms with Crippen LogP contribution in [0.5, 0.6) is 5.75 Å². The number of benzene rings is 2. The van der Waals surface area contributed by atoms with Crippen molar-refractivity contribution in [2.24, 2.45) is 0 Å². The molecular formula is C18H21BrN2O5S2. The third-order valence-corrected chi connectivity index (χ3v) is 8.08. The zero-order chi connectivity index (χ0) is 20.4. The van der Waals surface area contributed by atoms with Gasteiger partial charge in [0.15, 0.2) is 0 Å². The minimum Gasteiger partial charge on any atom is -0.492 e. The maximum atomic E-state index is 13.0. The van der Waals surface area contributed by atoms with Crippen LogP contribution in [0, 0.1) is 0 Å². The Morgan fingerprint density at radius 3 is 2.43 bits per heavy atom. The van der Waals surface area contributed by atoms with Gasteiger partial charge in [-0.15, -0.1) is 0 Å². The molecule has 1 aliphatic heterocycles. The predicted molar refractivity (Wildman–Crippen MR) is 111 cm³/mol. The van der Waals surface area contributed by atoms with Crippen LogP contribution in [0.25, 0.3) is 0 Å². The molecule has 1 N–H and O–H groups in total. The fourth-order valence-electron chi connectivity index (χ4n) is 2.96. The Labute approximate surface area is 173 Å². The molecular weight excluding hydrogens is 468 g/mol. The monoisotopic (exact) mass is 488 g/mol. The Morgan fingerprint density at radius 1 is 1.07 bits per heavy atom. The second-order valence-corrected chi connectivity index (χ2v) is 10.8. The van der Waals surface area contributed by atoms with Crippen LogP contribution in [0.15, 0.2) is 56.7 Å². The molecule has 1 saturated heterocycles. The van der Waals surface area contributed by atoms with Crippen LogP contribution in [0.3, 0.4) is 0 Å². The Hall–Kier alpha value is -1.62. The highest BCUT2D eigenvalue weighted by Gasteiger charge is 2.30. The molecule has 2 aromatic carbocycles. The predicted octanol–water partition coefficient (Wildman–Crippen LogP) is 3.43. The summed E-state index contributed by atoms with van der Waals surface area (Å²) in [5.41, 5.74) is 0.154. The lowest BCUT2D eigenvalue weighted by Crippen LogP contribution is -2.28. The molecule has 0 atom stereocenters.